The summed E-state index contributed by atoms with van der Waals surface area (Å²) in [4.78, 5) is 15.3. The molecule has 3 rings (SSSR count). The van der Waals surface area contributed by atoms with E-state index in [4.69, 9.17) is 9.47 Å². The summed E-state index contributed by atoms with van der Waals surface area (Å²) in [6, 6.07) is 16.6. The highest BCUT2D eigenvalue weighted by Crippen LogP contribution is 2.18. The van der Waals surface area contributed by atoms with Gasteiger partial charge in [0, 0.05) is 58.5 Å². The van der Waals surface area contributed by atoms with E-state index in [-0.39, 0.29) is 57.0 Å². The van der Waals surface area contributed by atoms with Crippen molar-refractivity contribution in [1.82, 2.24) is 14.5 Å². The Morgan fingerprint density at radius 2 is 1.57 bits per heavy atom. The highest BCUT2D eigenvalue weighted by Gasteiger charge is 2.25. The molecule has 35 heavy (non-hydrogen) atoms. The molecule has 0 spiro atoms. The molecule has 0 bridgehead atoms. The number of carbonyl (C=O) groups is 1. The van der Waals surface area contributed by atoms with Gasteiger partial charge in [0.05, 0.1) is 18.1 Å². The summed E-state index contributed by atoms with van der Waals surface area (Å²) < 4.78 is 37.4. The molecule has 8 nitrogen and oxygen atoms in total. The first-order chi connectivity index (χ1) is 16.4. The molecule has 1 N–H and O–H groups in total. The Morgan fingerprint density at radius 3 is 2.11 bits per heavy atom. The molecule has 1 heterocycles. The van der Waals surface area contributed by atoms with E-state index < -0.39 is 10.0 Å². The van der Waals surface area contributed by atoms with Gasteiger partial charge < -0.3 is 27.2 Å². The maximum atomic E-state index is 13.0. The zero-order valence-corrected chi connectivity index (χ0v) is 21.9. The van der Waals surface area contributed by atoms with Crippen molar-refractivity contribution in [3.8, 4) is 0 Å². The van der Waals surface area contributed by atoms with E-state index in [9.17, 15) is 13.2 Å². The number of nitrogens with one attached hydrogen (secondary N) is 1. The van der Waals surface area contributed by atoms with Crippen molar-refractivity contribution in [3.05, 3.63) is 65.7 Å². The first-order valence-corrected chi connectivity index (χ1v) is 13.0. The van der Waals surface area contributed by atoms with E-state index in [0.717, 1.165) is 32.5 Å². The van der Waals surface area contributed by atoms with E-state index in [1.165, 1.54) is 36.2 Å². The third-order valence-electron chi connectivity index (χ3n) is 6.02. The molecular formula is C25H36ClN3O5S. The molecule has 10 heteroatoms. The molecule has 194 valence electrons. The van der Waals surface area contributed by atoms with Crippen LogP contribution in [0.25, 0.3) is 0 Å². The molecule has 1 aliphatic heterocycles. The van der Waals surface area contributed by atoms with Gasteiger partial charge >= 0.3 is 1.43 Å². The van der Waals surface area contributed by atoms with Crippen LogP contribution in [0.2, 0.25) is 0 Å². The van der Waals surface area contributed by atoms with Crippen LogP contribution in [0.4, 0.5) is 0 Å². The van der Waals surface area contributed by atoms with Gasteiger partial charge in [-0.15, -0.1) is 0 Å². The van der Waals surface area contributed by atoms with Crippen LogP contribution in [0.3, 0.4) is 0 Å². The van der Waals surface area contributed by atoms with Crippen LogP contribution in [-0.2, 0) is 26.0 Å². The van der Waals surface area contributed by atoms with Gasteiger partial charge in [0.15, 0.2) is 0 Å². The zero-order valence-electron chi connectivity index (χ0n) is 21.4. The van der Waals surface area contributed by atoms with E-state index >= 15 is 0 Å². The quantitative estimate of drug-likeness (QED) is 0.401. The number of nitrogens with zero attached hydrogens (tertiary/aromatic N) is 2. The van der Waals surface area contributed by atoms with Crippen molar-refractivity contribution in [2.45, 2.75) is 30.3 Å². The van der Waals surface area contributed by atoms with Crippen molar-refractivity contribution >= 4 is 15.9 Å². The van der Waals surface area contributed by atoms with Gasteiger partial charge in [0.25, 0.3) is 5.91 Å². The molecule has 0 radical (unpaired) electrons. The highest BCUT2D eigenvalue weighted by molar-refractivity contribution is 7.89. The second kappa shape index (κ2) is 14.5. The van der Waals surface area contributed by atoms with E-state index in [1.54, 1.807) is 12.1 Å². The largest absolute Gasteiger partial charge is 1.00 e. The molecule has 2 aromatic carbocycles. The second-order valence-electron chi connectivity index (χ2n) is 8.42. The first-order valence-electron chi connectivity index (χ1n) is 11.6. The number of likely N-dealkylation sites (tertiary alicyclic amines) is 1. The van der Waals surface area contributed by atoms with Crippen LogP contribution in [0, 0.1) is 0 Å². The SMILES string of the molecule is COCCN(CCOC)S(=O)(=O)c1ccc(C(=O)NC2CCN(Cc3ccccc3)CC2)cc1.[Cl-].[H+]. The van der Waals surface area contributed by atoms with Crippen LogP contribution in [0.5, 0.6) is 0 Å². The number of methoxy groups -OCH3 is 2. The van der Waals surface area contributed by atoms with Gasteiger partial charge in [-0.25, -0.2) is 8.42 Å². The summed E-state index contributed by atoms with van der Waals surface area (Å²) in [5, 5.41) is 3.10. The molecule has 0 aliphatic carbocycles. The van der Waals surface area contributed by atoms with Crippen LogP contribution in [-0.4, -0.2) is 83.2 Å². The third kappa shape index (κ3) is 8.56. The summed E-state index contributed by atoms with van der Waals surface area (Å²) in [7, 11) is -0.652. The first kappa shape index (κ1) is 29.2. The van der Waals surface area contributed by atoms with Crippen molar-refractivity contribution < 1.29 is 36.5 Å². The molecule has 1 fully saturated rings. The minimum Gasteiger partial charge on any atom is -1.00 e. The van der Waals surface area contributed by atoms with Gasteiger partial charge in [-0.1, -0.05) is 30.3 Å². The van der Waals surface area contributed by atoms with Crippen molar-refractivity contribution in [1.29, 1.82) is 0 Å². The Kier molecular flexibility index (Phi) is 12.1. The fourth-order valence-corrected chi connectivity index (χ4v) is 5.42. The molecule has 0 atom stereocenters. The minimum absolute atomic E-state index is 0. The third-order valence-corrected chi connectivity index (χ3v) is 7.93. The molecule has 1 aliphatic rings. The predicted octanol–water partition coefficient (Wildman–Crippen LogP) is -0.519. The van der Waals surface area contributed by atoms with Gasteiger partial charge in [0.2, 0.25) is 10.0 Å². The van der Waals surface area contributed by atoms with Gasteiger partial charge in [-0.2, -0.15) is 4.31 Å². The highest BCUT2D eigenvalue weighted by atomic mass is 35.5. The number of piperidine rings is 1. The smallest absolute Gasteiger partial charge is 1.00 e. The summed E-state index contributed by atoms with van der Waals surface area (Å²) >= 11 is 0. The Bertz CT molecular complexity index is 996. The lowest BCUT2D eigenvalue weighted by Gasteiger charge is -2.32. The monoisotopic (exact) mass is 525 g/mol. The van der Waals surface area contributed by atoms with Crippen LogP contribution >= 0.6 is 0 Å². The summed E-state index contributed by atoms with van der Waals surface area (Å²) in [6.07, 6.45) is 1.78. The zero-order chi connectivity index (χ0) is 24.4. The number of hydrogen-bond acceptors (Lipinski definition) is 6. The number of rotatable bonds is 12. The lowest BCUT2D eigenvalue weighted by molar-refractivity contribution is -0.0000189. The number of halogens is 1. The second-order valence-corrected chi connectivity index (χ2v) is 10.4. The lowest BCUT2D eigenvalue weighted by atomic mass is 10.0. The summed E-state index contributed by atoms with van der Waals surface area (Å²) in [6.45, 7) is 3.80. The Labute approximate surface area is 216 Å². The number of carbonyl (C=O) groups excluding carboxylic acids is 1. The topological polar surface area (TPSA) is 88.2 Å². The molecule has 2 aromatic rings. The normalized spacial score (nSPS) is 15.1. The van der Waals surface area contributed by atoms with Crippen LogP contribution in [0.1, 0.15) is 30.2 Å². The minimum atomic E-state index is -3.71. The molecule has 0 aromatic heterocycles. The van der Waals surface area contributed by atoms with Gasteiger partial charge in [0.1, 0.15) is 0 Å². The molecule has 1 saturated heterocycles. The Hall–Kier alpha value is -2.01. The van der Waals surface area contributed by atoms with Crippen molar-refractivity contribution in [3.63, 3.8) is 0 Å². The molecule has 1 amide bonds. The van der Waals surface area contributed by atoms with Gasteiger partial charge in [-0.3, -0.25) is 9.69 Å². The standard InChI is InChI=1S/C25H35N3O5S.ClH/c1-32-18-16-28(17-19-33-2)34(30,31)24-10-8-22(9-11-24)25(29)26-23-12-14-27(15-13-23)20-21-6-4-3-5-7-21;/h3-11,23H,12-20H2,1-2H3,(H,26,29);1H. The summed E-state index contributed by atoms with van der Waals surface area (Å²) in [5.74, 6) is -0.180. The van der Waals surface area contributed by atoms with E-state index in [1.807, 2.05) is 6.07 Å². The predicted molar refractivity (Wildman–Crippen MR) is 132 cm³/mol. The number of amides is 1. The maximum Gasteiger partial charge on any atom is 1.00 e. The fourth-order valence-electron chi connectivity index (χ4n) is 4.01. The molecular weight excluding hydrogens is 490 g/mol. The van der Waals surface area contributed by atoms with Gasteiger partial charge in [-0.05, 0) is 42.7 Å². The average molecular weight is 526 g/mol. The average Bonchev–Trinajstić information content (AvgIpc) is 2.86. The fraction of sp³-hybridized carbons (Fsp3) is 0.480. The molecule has 0 unspecified atom stereocenters. The van der Waals surface area contributed by atoms with E-state index in [2.05, 4.69) is 34.5 Å². The van der Waals surface area contributed by atoms with E-state index in [0.29, 0.717) is 5.56 Å². The number of hydrogen-bond donors (Lipinski definition) is 1. The van der Waals surface area contributed by atoms with Crippen molar-refractivity contribution in [2.24, 2.45) is 0 Å². The maximum absolute atomic E-state index is 13.0. The number of ether oxygens (including phenoxy) is 2. The number of benzene rings is 2. The van der Waals surface area contributed by atoms with Crippen LogP contribution in [0.15, 0.2) is 59.5 Å². The van der Waals surface area contributed by atoms with Crippen LogP contribution < -0.4 is 17.7 Å². The summed E-state index contributed by atoms with van der Waals surface area (Å²) in [5.41, 5.74) is 1.74. The Morgan fingerprint density at radius 1 is 1.00 bits per heavy atom. The number of sulfonamides is 1. The Balaban J connectivity index is 0.00000324. The van der Waals surface area contributed by atoms with Crippen molar-refractivity contribution in [2.75, 3.05) is 53.6 Å². The molecule has 0 saturated carbocycles. The lowest BCUT2D eigenvalue weighted by Crippen LogP contribution is -3.00.